The van der Waals surface area contributed by atoms with Crippen molar-refractivity contribution in [2.24, 2.45) is 0 Å². The van der Waals surface area contributed by atoms with E-state index in [0.29, 0.717) is 39.1 Å². The van der Waals surface area contributed by atoms with Gasteiger partial charge in [-0.2, -0.15) is 0 Å². The zero-order chi connectivity index (χ0) is 34.3. The molecule has 5 N–H and O–H groups in total. The van der Waals surface area contributed by atoms with E-state index in [1.54, 1.807) is 34.6 Å². The predicted octanol–water partition coefficient (Wildman–Crippen LogP) is 3.88. The molecule has 0 amide bonds. The first kappa shape index (κ1) is 53.5. The number of carboxylic acids is 1. The van der Waals surface area contributed by atoms with Crippen LogP contribution in [-0.2, 0) is 28.6 Å². The number of aliphatic hydroxyl groups excluding tert-OH is 1. The third-order valence-electron chi connectivity index (χ3n) is 5.71. The van der Waals surface area contributed by atoms with Crippen molar-refractivity contribution >= 4 is 116 Å². The molecule has 4 unspecified atom stereocenters. The summed E-state index contributed by atoms with van der Waals surface area (Å²) in [7, 11) is 0. The van der Waals surface area contributed by atoms with Gasteiger partial charge in [0.05, 0.1) is 36.3 Å². The number of Topliss-reactive ketones (excluding diaryl/α,β-unsaturated/α-hetero) is 1. The molecule has 11 nitrogen and oxygen atoms in total. The van der Waals surface area contributed by atoms with E-state index in [1.807, 2.05) is 0 Å². The molecule has 0 bridgehead atoms. The van der Waals surface area contributed by atoms with E-state index in [0.717, 1.165) is 32.3 Å². The number of ether oxygens (including phenoxy) is 3. The molecule has 0 aromatic rings. The summed E-state index contributed by atoms with van der Waals surface area (Å²) in [6, 6.07) is 0. The summed E-state index contributed by atoms with van der Waals surface area (Å²) in [5.74, 6) is -1.25. The number of carboxylic acid groups (broad SMARTS) is 1. The van der Waals surface area contributed by atoms with E-state index < -0.39 is 34.3 Å². The number of aliphatic hydroxyl groups is 4. The van der Waals surface area contributed by atoms with E-state index in [1.165, 1.54) is 6.92 Å². The second-order valence-electron chi connectivity index (χ2n) is 12.0. The minimum atomic E-state index is -1.28. The molecule has 0 radical (unpaired) electrons. The number of esters is 1. The molecule has 2 aliphatic rings. The number of rotatable bonds is 10. The Bertz CT molecular complexity index is 769. The number of aliphatic carboxylic acids is 1. The molecule has 1 aliphatic heterocycles. The van der Waals surface area contributed by atoms with Crippen molar-refractivity contribution < 1.29 is 70.2 Å². The maximum atomic E-state index is 11.6. The molecule has 268 valence electrons. The van der Waals surface area contributed by atoms with E-state index in [9.17, 15) is 24.6 Å². The number of hydrogen-bond acceptors (Lipinski definition) is 10. The number of halogens is 6. The van der Waals surface area contributed by atoms with Gasteiger partial charge >= 0.3 is 65.3 Å². The maximum absolute atomic E-state index is 11.6. The molecule has 2 fully saturated rings. The summed E-state index contributed by atoms with van der Waals surface area (Å²) in [5.41, 5.74) is -3.61. The van der Waals surface area contributed by atoms with Crippen molar-refractivity contribution in [2.75, 3.05) is 19.8 Å². The summed E-state index contributed by atoms with van der Waals surface area (Å²) >= 11 is 9.54. The van der Waals surface area contributed by atoms with Gasteiger partial charge in [0.25, 0.3) is 0 Å². The van der Waals surface area contributed by atoms with Gasteiger partial charge in [-0.05, 0) is 73.6 Å². The fraction of sp³-hybridized carbons (Fsp3) is 0.889. The van der Waals surface area contributed by atoms with Crippen molar-refractivity contribution in [1.82, 2.24) is 0 Å². The monoisotopic (exact) mass is 1310 g/mol. The van der Waals surface area contributed by atoms with Crippen molar-refractivity contribution in [3.63, 3.8) is 0 Å². The molecule has 0 aromatic heterocycles. The molecule has 1 saturated heterocycles. The van der Waals surface area contributed by atoms with Gasteiger partial charge in [0.2, 0.25) is 0 Å². The first-order chi connectivity index (χ1) is 19.7. The molecular formula is C27H53I6O11+. The molecule has 4 atom stereocenters. The van der Waals surface area contributed by atoms with Gasteiger partial charge in [0.15, 0.2) is 6.29 Å². The average molecular weight is 1320 g/mol. The minimum absolute atomic E-state index is 0. The third-order valence-corrected chi connectivity index (χ3v) is 5.71. The average Bonchev–Trinajstić information content (AvgIpc) is 3.32. The smallest absolute Gasteiger partial charge is 1.00 e. The van der Waals surface area contributed by atoms with Gasteiger partial charge in [-0.1, -0.05) is 0 Å². The SMILES string of the molecule is CC(O)(CCO)CC(=O)O.CC(O)(CCOC1CCCO1)CC(=O)OC(C)(C)C.CC1(O)CCCC(=O)C1.I.II.I[I-]I.[H+].[H+]. The molecule has 2 rings (SSSR count). The molecule has 0 spiro atoms. The Morgan fingerprint density at radius 3 is 1.95 bits per heavy atom. The Labute approximate surface area is 336 Å². The van der Waals surface area contributed by atoms with Gasteiger partial charge in [-0.25, -0.2) is 0 Å². The van der Waals surface area contributed by atoms with Crippen LogP contribution in [0.25, 0.3) is 0 Å². The van der Waals surface area contributed by atoms with Crippen LogP contribution in [0.2, 0.25) is 0 Å². The van der Waals surface area contributed by atoms with Crippen LogP contribution in [0.5, 0.6) is 0 Å². The molecular weight excluding hydrogens is 1260 g/mol. The van der Waals surface area contributed by atoms with E-state index >= 15 is 0 Å². The fourth-order valence-electron chi connectivity index (χ4n) is 3.79. The van der Waals surface area contributed by atoms with Gasteiger partial charge in [0.1, 0.15) is 11.4 Å². The van der Waals surface area contributed by atoms with Crippen molar-refractivity contribution in [2.45, 2.75) is 134 Å². The van der Waals surface area contributed by atoms with Crippen LogP contribution in [0.15, 0.2) is 0 Å². The van der Waals surface area contributed by atoms with Gasteiger partial charge in [-0.15, -0.1) is 24.0 Å². The zero-order valence-electron chi connectivity index (χ0n) is 28.3. The normalized spacial score (nSPS) is 21.9. The molecule has 44 heavy (non-hydrogen) atoms. The summed E-state index contributed by atoms with van der Waals surface area (Å²) in [6.45, 7) is 11.1. The van der Waals surface area contributed by atoms with Crippen LogP contribution in [0.1, 0.15) is 109 Å². The Hall–Kier alpha value is 2.75. The van der Waals surface area contributed by atoms with Gasteiger partial charge < -0.3 is 39.7 Å². The van der Waals surface area contributed by atoms with Gasteiger partial charge in [-0.3, -0.25) is 14.4 Å². The Kier molecular flexibility index (Phi) is 35.9. The Morgan fingerprint density at radius 2 is 1.59 bits per heavy atom. The van der Waals surface area contributed by atoms with Gasteiger partial charge in [0, 0.05) is 69.7 Å². The van der Waals surface area contributed by atoms with Crippen molar-refractivity contribution in [1.29, 1.82) is 0 Å². The minimum Gasteiger partial charge on any atom is 1.00 e. The molecule has 1 saturated carbocycles. The van der Waals surface area contributed by atoms with E-state index in [2.05, 4.69) is 74.5 Å². The molecule has 1 heterocycles. The molecule has 1 aliphatic carbocycles. The van der Waals surface area contributed by atoms with E-state index in [4.69, 9.17) is 29.5 Å². The fourth-order valence-corrected chi connectivity index (χ4v) is 3.79. The number of ketones is 1. The first-order valence-corrected chi connectivity index (χ1v) is 32.5. The maximum Gasteiger partial charge on any atom is 1.00 e. The van der Waals surface area contributed by atoms with Crippen molar-refractivity contribution in [3.8, 4) is 0 Å². The second kappa shape index (κ2) is 29.5. The summed E-state index contributed by atoms with van der Waals surface area (Å²) < 4.78 is 16.0. The van der Waals surface area contributed by atoms with Crippen LogP contribution in [0.4, 0.5) is 0 Å². The van der Waals surface area contributed by atoms with Crippen molar-refractivity contribution in [3.05, 3.63) is 0 Å². The zero-order valence-corrected chi connectivity index (χ0v) is 39.4. The Morgan fingerprint density at radius 1 is 1.07 bits per heavy atom. The van der Waals surface area contributed by atoms with Crippen LogP contribution >= 0.6 is 98.4 Å². The number of carbonyl (C=O) groups is 3. The van der Waals surface area contributed by atoms with Crippen LogP contribution < -0.4 is 13.3 Å². The summed E-state index contributed by atoms with van der Waals surface area (Å²) in [6.07, 6.45) is 4.52. The van der Waals surface area contributed by atoms with Crippen LogP contribution in [0, 0.1) is 0 Å². The first-order valence-electron chi connectivity index (χ1n) is 13.7. The Balaban J connectivity index is -0.000000127. The summed E-state index contributed by atoms with van der Waals surface area (Å²) in [5, 5.41) is 45.2. The molecule has 17 heteroatoms. The second-order valence-corrected chi connectivity index (χ2v) is 28.2. The number of hydrogen-bond donors (Lipinski definition) is 5. The summed E-state index contributed by atoms with van der Waals surface area (Å²) in [4.78, 5) is 32.4. The largest absolute Gasteiger partial charge is 1.00 e. The quantitative estimate of drug-likeness (QED) is 0.159. The van der Waals surface area contributed by atoms with Crippen LogP contribution in [-0.4, -0.2) is 91.8 Å². The van der Waals surface area contributed by atoms with E-state index in [-0.39, 0.29) is 64.8 Å². The number of carbonyl (C=O) groups excluding carboxylic acids is 2. The third kappa shape index (κ3) is 37.6. The topological polar surface area (TPSA) is 180 Å². The van der Waals surface area contributed by atoms with Crippen LogP contribution in [0.3, 0.4) is 0 Å². The standard InChI is InChI=1S/C14H26O5.C7H12O2.C6H12O4.I3.I2.HI/c1-13(2,3)19-11(15)10-14(4,16)7-9-18-12-6-5-8-17-12;1-7(9)4-2-3-6(8)5-7;1-6(10,2-3-7)4-5(8)9;1-3-2;1-2;/h12,16H,5-10H2,1-4H3;9H,2-5H2,1H3;7,10H,2-4H2,1H3,(H,8,9);;;1H/q;;;-1;;/p+2. The molecule has 0 aromatic carbocycles. The predicted molar refractivity (Wildman–Crippen MR) is 213 cm³/mol.